The van der Waals surface area contributed by atoms with Gasteiger partial charge in [-0.3, -0.25) is 0 Å². The Labute approximate surface area is 178 Å². The van der Waals surface area contributed by atoms with Crippen LogP contribution in [-0.4, -0.2) is 12.7 Å². The zero-order valence-corrected chi connectivity index (χ0v) is 19.8. The van der Waals surface area contributed by atoms with Crippen molar-refractivity contribution in [1.29, 1.82) is 0 Å². The van der Waals surface area contributed by atoms with Crippen molar-refractivity contribution in [3.63, 3.8) is 0 Å². The van der Waals surface area contributed by atoms with Crippen molar-refractivity contribution in [2.24, 2.45) is 5.92 Å². The Morgan fingerprint density at radius 3 is 1.68 bits per heavy atom. The Bertz CT molecular complexity index is 295. The summed E-state index contributed by atoms with van der Waals surface area (Å²) in [5.41, 5.74) is 0. The van der Waals surface area contributed by atoms with Crippen molar-refractivity contribution < 1.29 is 4.74 Å². The first-order valence-electron chi connectivity index (χ1n) is 13.5. The minimum absolute atomic E-state index is 0.559. The molecule has 0 aromatic rings. The van der Waals surface area contributed by atoms with Crippen molar-refractivity contribution in [2.45, 2.75) is 161 Å². The standard InChI is InChI=1S/C27H54O/c1-3-5-7-9-11-13-15-20-24-28-27(25-26-21-17-16-18-22-26)23-19-14-12-10-8-6-4-2/h26-27H,3-25H2,1-2H3. The first-order chi connectivity index (χ1) is 13.9. The Balaban J connectivity index is 2.10. The first kappa shape index (κ1) is 26.0. The molecule has 0 radical (unpaired) electrons. The van der Waals surface area contributed by atoms with E-state index in [-0.39, 0.29) is 0 Å². The minimum Gasteiger partial charge on any atom is -0.378 e. The minimum atomic E-state index is 0.559. The number of ether oxygens (including phenoxy) is 1. The summed E-state index contributed by atoms with van der Waals surface area (Å²) in [6.07, 6.45) is 31.7. The molecule has 0 aromatic carbocycles. The van der Waals surface area contributed by atoms with Crippen molar-refractivity contribution in [3.8, 4) is 0 Å². The molecule has 168 valence electrons. The average molecular weight is 395 g/mol. The maximum Gasteiger partial charge on any atom is 0.0577 e. The number of hydrogen-bond donors (Lipinski definition) is 0. The zero-order valence-electron chi connectivity index (χ0n) is 19.8. The summed E-state index contributed by atoms with van der Waals surface area (Å²) >= 11 is 0. The van der Waals surface area contributed by atoms with Gasteiger partial charge in [0, 0.05) is 6.61 Å². The Kier molecular flexibility index (Phi) is 18.8. The monoisotopic (exact) mass is 394 g/mol. The van der Waals surface area contributed by atoms with E-state index in [2.05, 4.69) is 13.8 Å². The summed E-state index contributed by atoms with van der Waals surface area (Å²) in [7, 11) is 0. The molecule has 0 bridgehead atoms. The Morgan fingerprint density at radius 2 is 1.11 bits per heavy atom. The van der Waals surface area contributed by atoms with E-state index in [1.54, 1.807) is 0 Å². The highest BCUT2D eigenvalue weighted by atomic mass is 16.5. The largest absolute Gasteiger partial charge is 0.378 e. The van der Waals surface area contributed by atoms with Crippen LogP contribution in [0, 0.1) is 5.92 Å². The predicted molar refractivity (Wildman–Crippen MR) is 126 cm³/mol. The Morgan fingerprint density at radius 1 is 0.607 bits per heavy atom. The van der Waals surface area contributed by atoms with E-state index in [9.17, 15) is 0 Å². The number of rotatable bonds is 20. The summed E-state index contributed by atoms with van der Waals surface area (Å²) in [6.45, 7) is 5.62. The lowest BCUT2D eigenvalue weighted by molar-refractivity contribution is 0.0226. The molecular weight excluding hydrogens is 340 g/mol. The normalized spacial score (nSPS) is 16.5. The van der Waals surface area contributed by atoms with E-state index < -0.39 is 0 Å². The van der Waals surface area contributed by atoms with Crippen LogP contribution in [0.3, 0.4) is 0 Å². The molecule has 0 spiro atoms. The summed E-state index contributed by atoms with van der Waals surface area (Å²) in [4.78, 5) is 0. The van der Waals surface area contributed by atoms with Gasteiger partial charge in [-0.2, -0.15) is 0 Å². The SMILES string of the molecule is CCCCCCCCCCOC(CCCCCCCCC)CC1CCCCC1. The van der Waals surface area contributed by atoms with Crippen LogP contribution in [0.2, 0.25) is 0 Å². The van der Waals surface area contributed by atoms with Gasteiger partial charge in [0.25, 0.3) is 0 Å². The molecule has 0 amide bonds. The molecule has 1 atom stereocenters. The second kappa shape index (κ2) is 20.2. The smallest absolute Gasteiger partial charge is 0.0577 e. The van der Waals surface area contributed by atoms with Crippen LogP contribution >= 0.6 is 0 Å². The second-order valence-corrected chi connectivity index (χ2v) is 9.62. The maximum atomic E-state index is 6.44. The van der Waals surface area contributed by atoms with Crippen LogP contribution < -0.4 is 0 Å². The highest BCUT2D eigenvalue weighted by Crippen LogP contribution is 2.29. The summed E-state index contributed by atoms with van der Waals surface area (Å²) in [6, 6.07) is 0. The maximum absolute atomic E-state index is 6.44. The summed E-state index contributed by atoms with van der Waals surface area (Å²) in [5, 5.41) is 0. The fraction of sp³-hybridized carbons (Fsp3) is 1.00. The molecule has 1 nitrogen and oxygen atoms in total. The quantitative estimate of drug-likeness (QED) is 0.187. The van der Waals surface area contributed by atoms with Crippen molar-refractivity contribution in [1.82, 2.24) is 0 Å². The van der Waals surface area contributed by atoms with E-state index in [0.717, 1.165) is 12.5 Å². The molecule has 1 fully saturated rings. The van der Waals surface area contributed by atoms with Gasteiger partial charge in [-0.25, -0.2) is 0 Å². The van der Waals surface area contributed by atoms with Gasteiger partial charge in [-0.15, -0.1) is 0 Å². The molecule has 1 rings (SSSR count). The van der Waals surface area contributed by atoms with Crippen LogP contribution in [0.4, 0.5) is 0 Å². The molecule has 0 aromatic heterocycles. The summed E-state index contributed by atoms with van der Waals surface area (Å²) < 4.78 is 6.44. The molecule has 1 aliphatic rings. The van der Waals surface area contributed by atoms with Crippen molar-refractivity contribution in [3.05, 3.63) is 0 Å². The lowest BCUT2D eigenvalue weighted by atomic mass is 9.84. The first-order valence-corrected chi connectivity index (χ1v) is 13.5. The fourth-order valence-electron chi connectivity index (χ4n) is 4.88. The average Bonchev–Trinajstić information content (AvgIpc) is 2.72. The van der Waals surface area contributed by atoms with E-state index >= 15 is 0 Å². The van der Waals surface area contributed by atoms with Crippen LogP contribution in [-0.2, 0) is 4.74 Å². The lowest BCUT2D eigenvalue weighted by Crippen LogP contribution is -2.20. The number of unbranched alkanes of at least 4 members (excludes halogenated alkanes) is 13. The third-order valence-electron chi connectivity index (χ3n) is 6.80. The summed E-state index contributed by atoms with van der Waals surface area (Å²) in [5.74, 6) is 0.960. The van der Waals surface area contributed by atoms with Gasteiger partial charge < -0.3 is 4.74 Å². The van der Waals surface area contributed by atoms with Gasteiger partial charge in [0.15, 0.2) is 0 Å². The third-order valence-corrected chi connectivity index (χ3v) is 6.80. The molecule has 1 unspecified atom stereocenters. The second-order valence-electron chi connectivity index (χ2n) is 9.62. The predicted octanol–water partition coefficient (Wildman–Crippen LogP) is 9.62. The molecule has 0 heterocycles. The Hall–Kier alpha value is -0.0400. The van der Waals surface area contributed by atoms with E-state index in [4.69, 9.17) is 4.74 Å². The van der Waals surface area contributed by atoms with Gasteiger partial charge in [0.05, 0.1) is 6.10 Å². The van der Waals surface area contributed by atoms with Crippen molar-refractivity contribution >= 4 is 0 Å². The van der Waals surface area contributed by atoms with Crippen molar-refractivity contribution in [2.75, 3.05) is 6.61 Å². The third kappa shape index (κ3) is 15.8. The lowest BCUT2D eigenvalue weighted by Gasteiger charge is -2.27. The number of hydrogen-bond acceptors (Lipinski definition) is 1. The van der Waals surface area contributed by atoms with Crippen LogP contribution in [0.1, 0.15) is 155 Å². The van der Waals surface area contributed by atoms with Gasteiger partial charge in [-0.05, 0) is 25.2 Å². The van der Waals surface area contributed by atoms with Gasteiger partial charge in [0.1, 0.15) is 0 Å². The van der Waals surface area contributed by atoms with E-state index in [1.165, 1.54) is 141 Å². The fourth-order valence-corrected chi connectivity index (χ4v) is 4.88. The molecule has 1 saturated carbocycles. The molecule has 0 aliphatic heterocycles. The topological polar surface area (TPSA) is 9.23 Å². The van der Waals surface area contributed by atoms with Gasteiger partial charge in [-0.1, -0.05) is 136 Å². The van der Waals surface area contributed by atoms with Crippen LogP contribution in [0.15, 0.2) is 0 Å². The van der Waals surface area contributed by atoms with Crippen LogP contribution in [0.5, 0.6) is 0 Å². The van der Waals surface area contributed by atoms with Gasteiger partial charge >= 0.3 is 0 Å². The van der Waals surface area contributed by atoms with E-state index in [1.807, 2.05) is 0 Å². The molecule has 1 aliphatic carbocycles. The molecule has 28 heavy (non-hydrogen) atoms. The highest BCUT2D eigenvalue weighted by Gasteiger charge is 2.19. The molecule has 1 heteroatoms. The van der Waals surface area contributed by atoms with Crippen LogP contribution in [0.25, 0.3) is 0 Å². The molecule has 0 N–H and O–H groups in total. The molecular formula is C27H54O. The van der Waals surface area contributed by atoms with Gasteiger partial charge in [0.2, 0.25) is 0 Å². The molecule has 0 saturated heterocycles. The zero-order chi connectivity index (χ0) is 20.1. The highest BCUT2D eigenvalue weighted by molar-refractivity contribution is 4.71. The van der Waals surface area contributed by atoms with E-state index in [0.29, 0.717) is 6.10 Å².